The zero-order chi connectivity index (χ0) is 17.3. The number of ether oxygens (including phenoxy) is 1. The number of rotatable bonds is 4. The average Bonchev–Trinajstić information content (AvgIpc) is 2.92. The molecule has 0 spiro atoms. The van der Waals surface area contributed by atoms with Gasteiger partial charge in [-0.1, -0.05) is 6.07 Å². The molecule has 2 aromatic heterocycles. The molecule has 0 fully saturated rings. The van der Waals surface area contributed by atoms with Crippen molar-refractivity contribution in [1.82, 2.24) is 19.7 Å². The number of nitrogens with zero attached hydrogens (tertiary/aromatic N) is 4. The number of methoxy groups -OCH3 is 1. The third-order valence-corrected chi connectivity index (χ3v) is 3.62. The molecule has 0 aliphatic heterocycles. The van der Waals surface area contributed by atoms with Crippen molar-refractivity contribution >= 4 is 22.7 Å². The smallest absolute Gasteiger partial charge is 0.359 e. The third kappa shape index (κ3) is 2.88. The Hall–Kier alpha value is -3.09. The third-order valence-electron chi connectivity index (χ3n) is 3.62. The second-order valence-corrected chi connectivity index (χ2v) is 5.45. The predicted octanol–water partition coefficient (Wildman–Crippen LogP) is 2.18. The minimum absolute atomic E-state index is 0.0492. The van der Waals surface area contributed by atoms with Crippen LogP contribution in [0.3, 0.4) is 0 Å². The van der Waals surface area contributed by atoms with Gasteiger partial charge in [-0.15, -0.1) is 0 Å². The number of Topliss-reactive ketones (excluding diaryl/α,β-unsaturated/α-hetero) is 1. The normalized spacial score (nSPS) is 10.8. The van der Waals surface area contributed by atoms with Gasteiger partial charge in [0.1, 0.15) is 5.82 Å². The molecule has 24 heavy (non-hydrogen) atoms. The molecule has 7 heteroatoms. The van der Waals surface area contributed by atoms with Crippen molar-refractivity contribution < 1.29 is 14.3 Å². The number of aryl methyl sites for hydroxylation is 1. The number of aromatic nitrogens is 4. The molecule has 0 bridgehead atoms. The van der Waals surface area contributed by atoms with Gasteiger partial charge in [0.25, 0.3) is 0 Å². The Balaban J connectivity index is 2.18. The minimum Gasteiger partial charge on any atom is -0.464 e. The SMILES string of the molecule is COC(=O)c1nn(CC(C)=O)c2ccc(-c3cnc(C)nc3)cc12. The summed E-state index contributed by atoms with van der Waals surface area (Å²) in [6, 6.07) is 5.54. The second-order valence-electron chi connectivity index (χ2n) is 5.45. The maximum absolute atomic E-state index is 12.0. The molecule has 0 atom stereocenters. The zero-order valence-corrected chi connectivity index (χ0v) is 13.6. The van der Waals surface area contributed by atoms with Crippen LogP contribution in [0, 0.1) is 6.92 Å². The fourth-order valence-corrected chi connectivity index (χ4v) is 2.48. The summed E-state index contributed by atoms with van der Waals surface area (Å²) >= 11 is 0. The summed E-state index contributed by atoms with van der Waals surface area (Å²) in [6.45, 7) is 3.39. The molecule has 0 unspecified atom stereocenters. The highest BCUT2D eigenvalue weighted by molar-refractivity contribution is 6.03. The fraction of sp³-hybridized carbons (Fsp3) is 0.235. The van der Waals surface area contributed by atoms with Crippen LogP contribution in [0.15, 0.2) is 30.6 Å². The molecular formula is C17H16N4O3. The molecule has 0 saturated heterocycles. The lowest BCUT2D eigenvalue weighted by molar-refractivity contribution is -0.117. The van der Waals surface area contributed by atoms with E-state index in [2.05, 4.69) is 15.1 Å². The van der Waals surface area contributed by atoms with Crippen LogP contribution in [0.2, 0.25) is 0 Å². The van der Waals surface area contributed by atoms with E-state index in [1.54, 1.807) is 12.4 Å². The quantitative estimate of drug-likeness (QED) is 0.684. The van der Waals surface area contributed by atoms with Gasteiger partial charge in [-0.3, -0.25) is 9.48 Å². The molecule has 3 rings (SSSR count). The summed E-state index contributed by atoms with van der Waals surface area (Å²) in [5, 5.41) is 4.87. The van der Waals surface area contributed by atoms with E-state index < -0.39 is 5.97 Å². The number of fused-ring (bicyclic) bond motifs is 1. The van der Waals surface area contributed by atoms with Gasteiger partial charge in [0.2, 0.25) is 0 Å². The molecule has 0 amide bonds. The number of benzene rings is 1. The highest BCUT2D eigenvalue weighted by atomic mass is 16.5. The summed E-state index contributed by atoms with van der Waals surface area (Å²) in [5.41, 5.74) is 2.57. The van der Waals surface area contributed by atoms with Crippen molar-refractivity contribution in [3.05, 3.63) is 42.1 Å². The van der Waals surface area contributed by atoms with Gasteiger partial charge in [-0.2, -0.15) is 5.10 Å². The summed E-state index contributed by atoms with van der Waals surface area (Å²) in [7, 11) is 1.30. The Bertz CT molecular complexity index is 929. The molecule has 0 aliphatic rings. The van der Waals surface area contributed by atoms with Crippen LogP contribution in [-0.2, 0) is 16.1 Å². The molecule has 0 radical (unpaired) electrons. The molecular weight excluding hydrogens is 308 g/mol. The van der Waals surface area contributed by atoms with Crippen molar-refractivity contribution in [2.75, 3.05) is 7.11 Å². The van der Waals surface area contributed by atoms with Crippen molar-refractivity contribution in [3.63, 3.8) is 0 Å². The zero-order valence-electron chi connectivity index (χ0n) is 13.6. The van der Waals surface area contributed by atoms with E-state index in [0.29, 0.717) is 16.7 Å². The standard InChI is InChI=1S/C17H16N4O3/c1-10(22)9-21-15-5-4-12(13-7-18-11(2)19-8-13)6-14(15)16(20-21)17(23)24-3/h4-8H,9H2,1-3H3. The molecule has 122 valence electrons. The van der Waals surface area contributed by atoms with Crippen molar-refractivity contribution in [3.8, 4) is 11.1 Å². The number of esters is 1. The van der Waals surface area contributed by atoms with Crippen LogP contribution in [0.1, 0.15) is 23.2 Å². The van der Waals surface area contributed by atoms with E-state index in [4.69, 9.17) is 4.74 Å². The Kier molecular flexibility index (Phi) is 4.07. The lowest BCUT2D eigenvalue weighted by atomic mass is 10.1. The van der Waals surface area contributed by atoms with Gasteiger partial charge in [0, 0.05) is 23.3 Å². The highest BCUT2D eigenvalue weighted by Gasteiger charge is 2.19. The molecule has 1 aromatic carbocycles. The first-order chi connectivity index (χ1) is 11.5. The van der Waals surface area contributed by atoms with Crippen molar-refractivity contribution in [2.45, 2.75) is 20.4 Å². The molecule has 2 heterocycles. The minimum atomic E-state index is -0.542. The molecule has 7 nitrogen and oxygen atoms in total. The first-order valence-electron chi connectivity index (χ1n) is 7.37. The lowest BCUT2D eigenvalue weighted by Crippen LogP contribution is -2.09. The van der Waals surface area contributed by atoms with Gasteiger partial charge in [0.15, 0.2) is 11.5 Å². The first-order valence-corrected chi connectivity index (χ1v) is 7.37. The largest absolute Gasteiger partial charge is 0.464 e. The fourth-order valence-electron chi connectivity index (χ4n) is 2.48. The van der Waals surface area contributed by atoms with Crippen LogP contribution in [-0.4, -0.2) is 38.6 Å². The maximum atomic E-state index is 12.0. The number of ketones is 1. The van der Waals surface area contributed by atoms with E-state index >= 15 is 0 Å². The predicted molar refractivity (Wildman–Crippen MR) is 87.5 cm³/mol. The summed E-state index contributed by atoms with van der Waals surface area (Å²) in [4.78, 5) is 31.8. The van der Waals surface area contributed by atoms with Crippen LogP contribution < -0.4 is 0 Å². The summed E-state index contributed by atoms with van der Waals surface area (Å²) in [6.07, 6.45) is 3.45. The number of carbonyl (C=O) groups is 2. The maximum Gasteiger partial charge on any atom is 0.359 e. The molecule has 0 N–H and O–H groups in total. The van der Waals surface area contributed by atoms with E-state index in [9.17, 15) is 9.59 Å². The average molecular weight is 324 g/mol. The van der Waals surface area contributed by atoms with Gasteiger partial charge < -0.3 is 4.74 Å². The van der Waals surface area contributed by atoms with E-state index in [1.807, 2.05) is 25.1 Å². The monoisotopic (exact) mass is 324 g/mol. The van der Waals surface area contributed by atoms with Gasteiger partial charge >= 0.3 is 5.97 Å². The Morgan fingerprint density at radius 1 is 1.17 bits per heavy atom. The Labute approximate surface area is 138 Å². The Morgan fingerprint density at radius 2 is 1.88 bits per heavy atom. The number of hydrogen-bond donors (Lipinski definition) is 0. The second kappa shape index (κ2) is 6.19. The summed E-state index contributed by atoms with van der Waals surface area (Å²) in [5.74, 6) is 0.0933. The van der Waals surface area contributed by atoms with Gasteiger partial charge in [0.05, 0.1) is 19.2 Å². The van der Waals surface area contributed by atoms with Crippen molar-refractivity contribution in [2.24, 2.45) is 0 Å². The Morgan fingerprint density at radius 3 is 2.50 bits per heavy atom. The lowest BCUT2D eigenvalue weighted by Gasteiger charge is -2.03. The molecule has 0 saturated carbocycles. The van der Waals surface area contributed by atoms with Gasteiger partial charge in [-0.05, 0) is 31.5 Å². The van der Waals surface area contributed by atoms with E-state index in [0.717, 1.165) is 11.1 Å². The van der Waals surface area contributed by atoms with Crippen LogP contribution >= 0.6 is 0 Å². The number of hydrogen-bond acceptors (Lipinski definition) is 6. The van der Waals surface area contributed by atoms with Crippen LogP contribution in [0.25, 0.3) is 22.0 Å². The first kappa shape index (κ1) is 15.8. The topological polar surface area (TPSA) is 87.0 Å². The highest BCUT2D eigenvalue weighted by Crippen LogP contribution is 2.26. The van der Waals surface area contributed by atoms with Crippen LogP contribution in [0.4, 0.5) is 0 Å². The van der Waals surface area contributed by atoms with Crippen LogP contribution in [0.5, 0.6) is 0 Å². The number of carbonyl (C=O) groups excluding carboxylic acids is 2. The van der Waals surface area contributed by atoms with E-state index in [1.165, 1.54) is 18.7 Å². The van der Waals surface area contributed by atoms with Gasteiger partial charge in [-0.25, -0.2) is 14.8 Å². The molecule has 0 aliphatic carbocycles. The molecule has 3 aromatic rings. The van der Waals surface area contributed by atoms with E-state index in [-0.39, 0.29) is 18.0 Å². The summed E-state index contributed by atoms with van der Waals surface area (Å²) < 4.78 is 6.31. The van der Waals surface area contributed by atoms with Crippen molar-refractivity contribution in [1.29, 1.82) is 0 Å².